The number of thiophene rings is 1. The van der Waals surface area contributed by atoms with E-state index in [4.69, 9.17) is 21.5 Å². The predicted molar refractivity (Wildman–Crippen MR) is 93.9 cm³/mol. The Bertz CT molecular complexity index is 881. The number of sulfonamides is 1. The monoisotopic (exact) mass is 402 g/mol. The molecule has 0 spiro atoms. The van der Waals surface area contributed by atoms with Gasteiger partial charge in [-0.25, -0.2) is 18.4 Å². The molecule has 25 heavy (non-hydrogen) atoms. The third-order valence-corrected chi connectivity index (χ3v) is 5.27. The molecule has 2 aromatic rings. The van der Waals surface area contributed by atoms with Crippen LogP contribution in [-0.2, 0) is 26.1 Å². The number of halogens is 1. The number of carbonyl (C=O) groups excluding carboxylic acids is 2. The summed E-state index contributed by atoms with van der Waals surface area (Å²) in [6.07, 6.45) is -1.08. The fraction of sp³-hybridized carbons (Fsp3) is 0.200. The van der Waals surface area contributed by atoms with Crippen molar-refractivity contribution in [2.24, 2.45) is 5.14 Å². The molecule has 0 fully saturated rings. The van der Waals surface area contributed by atoms with Crippen LogP contribution in [0, 0.1) is 0 Å². The van der Waals surface area contributed by atoms with Crippen molar-refractivity contribution >= 4 is 44.8 Å². The molecule has 2 rings (SSSR count). The van der Waals surface area contributed by atoms with Gasteiger partial charge in [0.1, 0.15) is 0 Å². The molecule has 0 aliphatic heterocycles. The second kappa shape index (κ2) is 7.96. The van der Waals surface area contributed by atoms with Gasteiger partial charge in [-0.3, -0.25) is 4.79 Å². The van der Waals surface area contributed by atoms with Crippen molar-refractivity contribution in [3.63, 3.8) is 0 Å². The summed E-state index contributed by atoms with van der Waals surface area (Å²) in [5, 5.41) is 9.53. The van der Waals surface area contributed by atoms with Gasteiger partial charge in [-0.15, -0.1) is 11.3 Å². The Hall–Kier alpha value is -1.94. The fourth-order valence-electron chi connectivity index (χ4n) is 1.85. The number of ether oxygens (including phenoxy) is 1. The summed E-state index contributed by atoms with van der Waals surface area (Å²) in [6.45, 7) is 1.72. The summed E-state index contributed by atoms with van der Waals surface area (Å²) in [5.41, 5.74) is -0.189. The van der Waals surface area contributed by atoms with Crippen molar-refractivity contribution < 1.29 is 22.7 Å². The first-order valence-electron chi connectivity index (χ1n) is 7.02. The first kappa shape index (κ1) is 19.4. The van der Waals surface area contributed by atoms with Crippen molar-refractivity contribution in [1.29, 1.82) is 0 Å². The van der Waals surface area contributed by atoms with E-state index in [1.54, 1.807) is 0 Å². The second-order valence-electron chi connectivity index (χ2n) is 5.03. The van der Waals surface area contributed by atoms with Crippen LogP contribution >= 0.6 is 22.9 Å². The van der Waals surface area contributed by atoms with Gasteiger partial charge in [-0.1, -0.05) is 17.7 Å². The van der Waals surface area contributed by atoms with Crippen LogP contribution in [0.25, 0.3) is 0 Å². The Morgan fingerprint density at radius 2 is 2.08 bits per heavy atom. The van der Waals surface area contributed by atoms with E-state index in [1.807, 2.05) is 17.5 Å². The van der Waals surface area contributed by atoms with Gasteiger partial charge in [0.05, 0.1) is 22.0 Å². The summed E-state index contributed by atoms with van der Waals surface area (Å²) in [6, 6.07) is 7.12. The van der Waals surface area contributed by atoms with Gasteiger partial charge in [0.25, 0.3) is 5.91 Å². The van der Waals surface area contributed by atoms with Crippen LogP contribution in [0.5, 0.6) is 0 Å². The predicted octanol–water partition coefficient (Wildman–Crippen LogP) is 1.91. The Labute approximate surface area is 153 Å². The van der Waals surface area contributed by atoms with Gasteiger partial charge in [-0.05, 0) is 36.6 Å². The molecule has 134 valence electrons. The molecule has 0 unspecified atom stereocenters. The molecule has 1 atom stereocenters. The summed E-state index contributed by atoms with van der Waals surface area (Å²) < 4.78 is 27.8. The van der Waals surface area contributed by atoms with E-state index in [0.717, 1.165) is 10.9 Å². The zero-order valence-corrected chi connectivity index (χ0v) is 15.5. The van der Waals surface area contributed by atoms with Crippen LogP contribution in [0.15, 0.2) is 40.6 Å². The number of nitrogens with one attached hydrogen (secondary N) is 1. The minimum absolute atomic E-state index is 0.0106. The largest absolute Gasteiger partial charge is 0.449 e. The highest BCUT2D eigenvalue weighted by Crippen LogP contribution is 2.21. The van der Waals surface area contributed by atoms with Gasteiger partial charge in [-0.2, -0.15) is 0 Å². The molecular formula is C15H15ClN2O5S2. The second-order valence-corrected chi connectivity index (χ2v) is 8.03. The van der Waals surface area contributed by atoms with Gasteiger partial charge >= 0.3 is 5.97 Å². The van der Waals surface area contributed by atoms with E-state index in [9.17, 15) is 18.0 Å². The van der Waals surface area contributed by atoms with Crippen LogP contribution in [0.3, 0.4) is 0 Å². The topological polar surface area (TPSA) is 116 Å². The van der Waals surface area contributed by atoms with E-state index < -0.39 is 28.0 Å². The van der Waals surface area contributed by atoms with Crippen LogP contribution in [-0.4, -0.2) is 26.4 Å². The number of primary sulfonamides is 1. The van der Waals surface area contributed by atoms with Crippen LogP contribution in [0.1, 0.15) is 22.2 Å². The number of nitrogens with two attached hydrogens (primary N) is 1. The van der Waals surface area contributed by atoms with Crippen LogP contribution in [0.4, 0.5) is 0 Å². The van der Waals surface area contributed by atoms with Gasteiger partial charge < -0.3 is 10.1 Å². The summed E-state index contributed by atoms with van der Waals surface area (Å²) in [5.74, 6) is -1.41. The van der Waals surface area contributed by atoms with Crippen molar-refractivity contribution in [2.45, 2.75) is 24.5 Å². The number of amides is 1. The zero-order valence-electron chi connectivity index (χ0n) is 13.1. The average Bonchev–Trinajstić information content (AvgIpc) is 3.05. The quantitative estimate of drug-likeness (QED) is 0.716. The van der Waals surface area contributed by atoms with E-state index in [-0.39, 0.29) is 15.5 Å². The lowest BCUT2D eigenvalue weighted by molar-refractivity contribution is -0.129. The highest BCUT2D eigenvalue weighted by Gasteiger charge is 2.22. The number of hydrogen-bond donors (Lipinski definition) is 2. The molecule has 1 aromatic carbocycles. The molecule has 7 nitrogen and oxygen atoms in total. The summed E-state index contributed by atoms with van der Waals surface area (Å²) in [4.78, 5) is 24.8. The van der Waals surface area contributed by atoms with Crippen molar-refractivity contribution in [3.05, 3.63) is 51.2 Å². The molecule has 0 radical (unpaired) electrons. The number of hydrogen-bond acceptors (Lipinski definition) is 6. The number of benzene rings is 1. The van der Waals surface area contributed by atoms with E-state index >= 15 is 0 Å². The highest BCUT2D eigenvalue weighted by atomic mass is 35.5. The molecule has 0 saturated heterocycles. The lowest BCUT2D eigenvalue weighted by atomic mass is 10.2. The standard InChI is InChI=1S/C15H15ClN2O5S2/c1-9(14(19)18-8-10-3-2-6-24-10)23-15(20)12-7-11(25(17,21)22)4-5-13(12)16/h2-7,9H,8H2,1H3,(H,18,19)(H2,17,21,22)/t9-/m1/s1. The minimum atomic E-state index is -4.00. The van der Waals surface area contributed by atoms with E-state index in [2.05, 4.69) is 5.32 Å². The SMILES string of the molecule is C[C@@H](OC(=O)c1cc(S(N)(=O)=O)ccc1Cl)C(=O)NCc1cccs1. The molecule has 3 N–H and O–H groups in total. The normalized spacial score (nSPS) is 12.4. The number of rotatable bonds is 6. The maximum atomic E-state index is 12.2. The smallest absolute Gasteiger partial charge is 0.340 e. The molecular weight excluding hydrogens is 388 g/mol. The van der Waals surface area contributed by atoms with Crippen LogP contribution < -0.4 is 10.5 Å². The Balaban J connectivity index is 2.04. The number of esters is 1. The lowest BCUT2D eigenvalue weighted by Gasteiger charge is -2.14. The third kappa shape index (κ3) is 5.27. The maximum Gasteiger partial charge on any atom is 0.340 e. The molecule has 1 heterocycles. The molecule has 1 amide bonds. The van der Waals surface area contributed by atoms with Gasteiger partial charge in [0, 0.05) is 4.88 Å². The molecule has 0 bridgehead atoms. The maximum absolute atomic E-state index is 12.2. The van der Waals surface area contributed by atoms with E-state index in [0.29, 0.717) is 6.54 Å². The Kier molecular flexibility index (Phi) is 6.17. The van der Waals surface area contributed by atoms with Crippen molar-refractivity contribution in [1.82, 2.24) is 5.32 Å². The fourth-order valence-corrected chi connectivity index (χ4v) is 3.23. The Morgan fingerprint density at radius 3 is 2.68 bits per heavy atom. The summed E-state index contributed by atoms with van der Waals surface area (Å²) in [7, 11) is -4.00. The molecule has 0 aliphatic carbocycles. The van der Waals surface area contributed by atoms with Crippen LogP contribution in [0.2, 0.25) is 5.02 Å². The number of carbonyl (C=O) groups is 2. The lowest BCUT2D eigenvalue weighted by Crippen LogP contribution is -2.35. The first-order valence-corrected chi connectivity index (χ1v) is 9.82. The van der Waals surface area contributed by atoms with Gasteiger partial charge in [0.2, 0.25) is 10.0 Å². The van der Waals surface area contributed by atoms with Crippen molar-refractivity contribution in [3.8, 4) is 0 Å². The zero-order chi connectivity index (χ0) is 18.6. The molecule has 0 aliphatic rings. The minimum Gasteiger partial charge on any atom is -0.449 e. The highest BCUT2D eigenvalue weighted by molar-refractivity contribution is 7.89. The first-order chi connectivity index (χ1) is 11.7. The summed E-state index contributed by atoms with van der Waals surface area (Å²) >= 11 is 7.38. The Morgan fingerprint density at radius 1 is 1.36 bits per heavy atom. The molecule has 1 aromatic heterocycles. The van der Waals surface area contributed by atoms with E-state index in [1.165, 1.54) is 30.4 Å². The average molecular weight is 403 g/mol. The molecule has 10 heteroatoms. The van der Waals surface area contributed by atoms with Crippen molar-refractivity contribution in [2.75, 3.05) is 0 Å². The van der Waals surface area contributed by atoms with Gasteiger partial charge in [0.15, 0.2) is 6.10 Å². The molecule has 0 saturated carbocycles. The third-order valence-electron chi connectivity index (χ3n) is 3.16.